The summed E-state index contributed by atoms with van der Waals surface area (Å²) >= 11 is 1.31. The third kappa shape index (κ3) is 3.17. The second-order valence-electron chi connectivity index (χ2n) is 4.82. The van der Waals surface area contributed by atoms with Crippen molar-refractivity contribution in [2.45, 2.75) is 17.3 Å². The van der Waals surface area contributed by atoms with E-state index in [-0.39, 0.29) is 11.2 Å². The van der Waals surface area contributed by atoms with Crippen molar-refractivity contribution in [2.75, 3.05) is 5.32 Å². The molecular weight excluding hydrogens is 310 g/mol. The summed E-state index contributed by atoms with van der Waals surface area (Å²) < 4.78 is 1.83. The summed E-state index contributed by atoms with van der Waals surface area (Å²) in [5, 5.41) is 20.3. The summed E-state index contributed by atoms with van der Waals surface area (Å²) in [5.74, 6) is -0.189. The second kappa shape index (κ2) is 6.50. The largest absolute Gasteiger partial charge is 0.324 e. The number of hydrogen-bond acceptors (Lipinski definition) is 5. The van der Waals surface area contributed by atoms with Crippen molar-refractivity contribution in [3.05, 3.63) is 54.2 Å². The molecule has 1 aromatic carbocycles. The number of rotatable bonds is 4. The highest BCUT2D eigenvalue weighted by molar-refractivity contribution is 8.00. The van der Waals surface area contributed by atoms with Gasteiger partial charge in [-0.2, -0.15) is 5.26 Å². The molecule has 3 rings (SSSR count). The molecule has 0 aliphatic heterocycles. The molecule has 114 valence electrons. The third-order valence-electron chi connectivity index (χ3n) is 3.24. The predicted octanol–water partition coefficient (Wildman–Crippen LogP) is 2.72. The third-order valence-corrected chi connectivity index (χ3v) is 4.30. The summed E-state index contributed by atoms with van der Waals surface area (Å²) in [7, 11) is 0. The Morgan fingerprint density at radius 1 is 1.26 bits per heavy atom. The topological polar surface area (TPSA) is 83.1 Å². The van der Waals surface area contributed by atoms with Gasteiger partial charge in [-0.05, 0) is 31.2 Å². The lowest BCUT2D eigenvalue weighted by molar-refractivity contribution is -0.115. The molecule has 0 aliphatic carbocycles. The van der Waals surface area contributed by atoms with Crippen LogP contribution in [0.15, 0.2) is 53.8 Å². The molecule has 7 heteroatoms. The number of hydrogen-bond donors (Lipinski definition) is 1. The van der Waals surface area contributed by atoms with E-state index in [0.29, 0.717) is 16.4 Å². The van der Waals surface area contributed by atoms with Crippen LogP contribution in [0.3, 0.4) is 0 Å². The Bertz CT molecular complexity index is 899. The fraction of sp³-hybridized carbons (Fsp3) is 0.125. The van der Waals surface area contributed by atoms with Crippen molar-refractivity contribution >= 4 is 29.0 Å². The zero-order chi connectivity index (χ0) is 16.2. The number of aromatic nitrogens is 3. The molecular formula is C16H13N5OS. The van der Waals surface area contributed by atoms with Gasteiger partial charge in [0.2, 0.25) is 5.91 Å². The first kappa shape index (κ1) is 15.1. The van der Waals surface area contributed by atoms with Gasteiger partial charge in [0.15, 0.2) is 10.8 Å². The van der Waals surface area contributed by atoms with Gasteiger partial charge in [-0.3, -0.25) is 9.20 Å². The number of pyridine rings is 1. The van der Waals surface area contributed by atoms with Crippen molar-refractivity contribution in [2.24, 2.45) is 0 Å². The smallest absolute Gasteiger partial charge is 0.237 e. The Balaban J connectivity index is 1.74. The Morgan fingerprint density at radius 3 is 2.87 bits per heavy atom. The van der Waals surface area contributed by atoms with Crippen molar-refractivity contribution in [1.82, 2.24) is 14.6 Å². The minimum Gasteiger partial charge on any atom is -0.324 e. The van der Waals surface area contributed by atoms with Gasteiger partial charge in [0.1, 0.15) is 6.07 Å². The highest BCUT2D eigenvalue weighted by Gasteiger charge is 2.18. The van der Waals surface area contributed by atoms with Gasteiger partial charge in [0.05, 0.1) is 16.5 Å². The Labute approximate surface area is 137 Å². The number of carbonyl (C=O) groups excluding carboxylic acids is 1. The highest BCUT2D eigenvalue weighted by atomic mass is 32.2. The fourth-order valence-electron chi connectivity index (χ4n) is 2.04. The van der Waals surface area contributed by atoms with Gasteiger partial charge in [0.25, 0.3) is 0 Å². The van der Waals surface area contributed by atoms with Crippen LogP contribution < -0.4 is 5.32 Å². The summed E-state index contributed by atoms with van der Waals surface area (Å²) in [6.07, 6.45) is 1.85. The molecule has 6 nitrogen and oxygen atoms in total. The van der Waals surface area contributed by atoms with Crippen LogP contribution in [0.5, 0.6) is 0 Å². The zero-order valence-corrected chi connectivity index (χ0v) is 13.1. The molecule has 0 aliphatic rings. The standard InChI is InChI=1S/C16H13N5OS/c1-11(15(22)18-13-7-3-2-6-12(13)10-17)23-16-20-19-14-8-4-5-9-21(14)16/h2-9,11H,1H3,(H,18,22)/t11-/m1/s1. The number of nitriles is 1. The van der Waals surface area contributed by atoms with E-state index in [9.17, 15) is 4.79 Å². The summed E-state index contributed by atoms with van der Waals surface area (Å²) in [6.45, 7) is 1.79. The van der Waals surface area contributed by atoms with E-state index in [1.165, 1.54) is 11.8 Å². The van der Waals surface area contributed by atoms with E-state index in [2.05, 4.69) is 21.6 Å². The van der Waals surface area contributed by atoms with E-state index < -0.39 is 0 Å². The van der Waals surface area contributed by atoms with Crippen LogP contribution in [0.4, 0.5) is 5.69 Å². The van der Waals surface area contributed by atoms with E-state index >= 15 is 0 Å². The van der Waals surface area contributed by atoms with Gasteiger partial charge in [-0.25, -0.2) is 0 Å². The minimum atomic E-state index is -0.380. The molecule has 1 N–H and O–H groups in total. The van der Waals surface area contributed by atoms with Crippen molar-refractivity contribution in [3.63, 3.8) is 0 Å². The van der Waals surface area contributed by atoms with Crippen LogP contribution in [0.2, 0.25) is 0 Å². The van der Waals surface area contributed by atoms with Gasteiger partial charge in [-0.1, -0.05) is 30.0 Å². The minimum absolute atomic E-state index is 0.189. The molecule has 0 fully saturated rings. The number of para-hydroxylation sites is 1. The lowest BCUT2D eigenvalue weighted by atomic mass is 10.2. The monoisotopic (exact) mass is 323 g/mol. The van der Waals surface area contributed by atoms with Gasteiger partial charge in [0, 0.05) is 6.20 Å². The van der Waals surface area contributed by atoms with Gasteiger partial charge >= 0.3 is 0 Å². The number of carbonyl (C=O) groups is 1. The SMILES string of the molecule is C[C@@H](Sc1nnc2ccccn12)C(=O)Nc1ccccc1C#N. The first-order valence-corrected chi connectivity index (χ1v) is 7.83. The van der Waals surface area contributed by atoms with Crippen LogP contribution in [0.1, 0.15) is 12.5 Å². The number of fused-ring (bicyclic) bond motifs is 1. The molecule has 2 heterocycles. The summed E-state index contributed by atoms with van der Waals surface area (Å²) in [5.41, 5.74) is 1.68. The van der Waals surface area contributed by atoms with Crippen LogP contribution in [-0.4, -0.2) is 25.8 Å². The van der Waals surface area contributed by atoms with Gasteiger partial charge < -0.3 is 5.32 Å². The van der Waals surface area contributed by atoms with Crippen LogP contribution in [0.25, 0.3) is 5.65 Å². The molecule has 0 radical (unpaired) electrons. The lowest BCUT2D eigenvalue weighted by Gasteiger charge is -2.11. The lowest BCUT2D eigenvalue weighted by Crippen LogP contribution is -2.23. The first-order chi connectivity index (χ1) is 11.2. The van der Waals surface area contributed by atoms with Crippen LogP contribution in [0, 0.1) is 11.3 Å². The average Bonchev–Trinajstić information content (AvgIpc) is 2.98. The number of anilines is 1. The molecule has 1 atom stereocenters. The Morgan fingerprint density at radius 2 is 2.04 bits per heavy atom. The first-order valence-electron chi connectivity index (χ1n) is 6.95. The highest BCUT2D eigenvalue weighted by Crippen LogP contribution is 2.23. The van der Waals surface area contributed by atoms with Crippen LogP contribution in [-0.2, 0) is 4.79 Å². The maximum Gasteiger partial charge on any atom is 0.237 e. The van der Waals surface area contributed by atoms with E-state index in [0.717, 1.165) is 5.65 Å². The van der Waals surface area contributed by atoms with E-state index in [4.69, 9.17) is 5.26 Å². The molecule has 0 saturated heterocycles. The van der Waals surface area contributed by atoms with E-state index in [1.54, 1.807) is 31.2 Å². The van der Waals surface area contributed by atoms with Crippen molar-refractivity contribution in [1.29, 1.82) is 5.26 Å². The predicted molar refractivity (Wildman–Crippen MR) is 88.1 cm³/mol. The summed E-state index contributed by atoms with van der Waals surface area (Å²) in [4.78, 5) is 12.3. The Kier molecular flexibility index (Phi) is 4.26. The number of amides is 1. The zero-order valence-electron chi connectivity index (χ0n) is 12.3. The molecule has 0 bridgehead atoms. The fourth-order valence-corrected chi connectivity index (χ4v) is 2.87. The summed E-state index contributed by atoms with van der Waals surface area (Å²) in [6, 6.07) is 14.6. The molecule has 3 aromatic rings. The molecule has 2 aromatic heterocycles. The Hall–Kier alpha value is -2.85. The number of nitrogens with zero attached hydrogens (tertiary/aromatic N) is 4. The number of benzene rings is 1. The average molecular weight is 323 g/mol. The normalized spacial score (nSPS) is 11.8. The molecule has 0 saturated carbocycles. The number of thioether (sulfide) groups is 1. The number of nitrogens with one attached hydrogen (secondary N) is 1. The quantitative estimate of drug-likeness (QED) is 0.746. The molecule has 0 unspecified atom stereocenters. The second-order valence-corrected chi connectivity index (χ2v) is 6.13. The van der Waals surface area contributed by atoms with Crippen molar-refractivity contribution < 1.29 is 4.79 Å². The van der Waals surface area contributed by atoms with Crippen molar-refractivity contribution in [3.8, 4) is 6.07 Å². The molecule has 0 spiro atoms. The maximum absolute atomic E-state index is 12.3. The molecule has 1 amide bonds. The van der Waals surface area contributed by atoms with E-state index in [1.807, 2.05) is 28.8 Å². The maximum atomic E-state index is 12.3. The molecule has 23 heavy (non-hydrogen) atoms. The van der Waals surface area contributed by atoms with Crippen LogP contribution >= 0.6 is 11.8 Å². The van der Waals surface area contributed by atoms with Gasteiger partial charge in [-0.15, -0.1) is 10.2 Å².